The van der Waals surface area contributed by atoms with Crippen molar-refractivity contribution >= 4 is 0 Å². The van der Waals surface area contributed by atoms with Crippen molar-refractivity contribution < 1.29 is 9.47 Å². The minimum absolute atomic E-state index is 0.199. The van der Waals surface area contributed by atoms with Gasteiger partial charge in [-0.25, -0.2) is 0 Å². The van der Waals surface area contributed by atoms with E-state index < -0.39 is 0 Å². The molecule has 2 heterocycles. The largest absolute Gasteiger partial charge is 0.347 e. The maximum atomic E-state index is 6.01. The van der Waals surface area contributed by atoms with E-state index >= 15 is 0 Å². The van der Waals surface area contributed by atoms with Gasteiger partial charge in [-0.05, 0) is 33.1 Å². The molecular weight excluding hydrogens is 164 g/mol. The summed E-state index contributed by atoms with van der Waals surface area (Å²) in [6.45, 7) is 4.31. The van der Waals surface area contributed by atoms with Crippen LogP contribution in [0.1, 0.15) is 52.4 Å². The first-order chi connectivity index (χ1) is 6.20. The fourth-order valence-electron chi connectivity index (χ4n) is 2.49. The smallest absolute Gasteiger partial charge is 0.169 e. The van der Waals surface area contributed by atoms with Crippen LogP contribution in [0.15, 0.2) is 0 Å². The highest BCUT2D eigenvalue weighted by molar-refractivity contribution is 4.82. The lowest BCUT2D eigenvalue weighted by atomic mass is 10.1. The summed E-state index contributed by atoms with van der Waals surface area (Å²) >= 11 is 0. The molecule has 2 aliphatic rings. The molecule has 2 fully saturated rings. The first-order valence-corrected chi connectivity index (χ1v) is 5.56. The lowest BCUT2D eigenvalue weighted by Gasteiger charge is -2.30. The van der Waals surface area contributed by atoms with Crippen LogP contribution in [0.2, 0.25) is 0 Å². The lowest BCUT2D eigenvalue weighted by Crippen LogP contribution is -2.34. The Morgan fingerprint density at radius 2 is 1.62 bits per heavy atom. The Morgan fingerprint density at radius 3 is 2.31 bits per heavy atom. The zero-order valence-electron chi connectivity index (χ0n) is 8.71. The number of ether oxygens (including phenoxy) is 2. The minimum Gasteiger partial charge on any atom is -0.347 e. The van der Waals surface area contributed by atoms with Crippen LogP contribution in [0, 0.1) is 0 Å². The summed E-state index contributed by atoms with van der Waals surface area (Å²) in [7, 11) is 0. The fourth-order valence-corrected chi connectivity index (χ4v) is 2.49. The Morgan fingerprint density at radius 1 is 0.923 bits per heavy atom. The second-order valence-electron chi connectivity index (χ2n) is 4.55. The third-order valence-corrected chi connectivity index (χ3v) is 3.18. The first kappa shape index (κ1) is 9.47. The van der Waals surface area contributed by atoms with Crippen LogP contribution in [0.3, 0.4) is 0 Å². The van der Waals surface area contributed by atoms with E-state index in [2.05, 4.69) is 13.8 Å². The summed E-state index contributed by atoms with van der Waals surface area (Å²) in [5.41, 5.74) is 0. The highest BCUT2D eigenvalue weighted by Crippen LogP contribution is 2.39. The molecular formula is C11H20O2. The summed E-state index contributed by atoms with van der Waals surface area (Å²) in [6, 6.07) is 0. The maximum absolute atomic E-state index is 6.01. The van der Waals surface area contributed by atoms with Crippen LogP contribution < -0.4 is 0 Å². The van der Waals surface area contributed by atoms with Gasteiger partial charge in [0.05, 0.1) is 12.2 Å². The van der Waals surface area contributed by atoms with E-state index in [9.17, 15) is 0 Å². The molecule has 0 aliphatic carbocycles. The van der Waals surface area contributed by atoms with Crippen molar-refractivity contribution in [2.45, 2.75) is 70.4 Å². The molecule has 76 valence electrons. The second-order valence-corrected chi connectivity index (χ2v) is 4.55. The van der Waals surface area contributed by atoms with E-state index in [1.165, 1.54) is 19.3 Å². The summed E-state index contributed by atoms with van der Waals surface area (Å²) < 4.78 is 11.9. The van der Waals surface area contributed by atoms with Crippen molar-refractivity contribution in [3.8, 4) is 0 Å². The molecule has 0 N–H and O–H groups in total. The zero-order valence-corrected chi connectivity index (χ0v) is 8.71. The Kier molecular flexibility index (Phi) is 2.61. The Hall–Kier alpha value is -0.0800. The van der Waals surface area contributed by atoms with E-state index in [0.717, 1.165) is 19.3 Å². The van der Waals surface area contributed by atoms with Gasteiger partial charge in [-0.1, -0.05) is 6.42 Å². The molecule has 13 heavy (non-hydrogen) atoms. The highest BCUT2D eigenvalue weighted by Gasteiger charge is 2.41. The molecule has 0 saturated carbocycles. The molecule has 0 amide bonds. The Bertz CT molecular complexity index is 181. The molecule has 3 atom stereocenters. The van der Waals surface area contributed by atoms with Crippen molar-refractivity contribution in [1.29, 1.82) is 0 Å². The molecule has 0 unspecified atom stereocenters. The molecule has 1 spiro atoms. The molecule has 2 aliphatic heterocycles. The predicted molar refractivity (Wildman–Crippen MR) is 51.5 cm³/mol. The molecule has 2 saturated heterocycles. The average molecular weight is 184 g/mol. The number of rotatable bonds is 0. The summed E-state index contributed by atoms with van der Waals surface area (Å²) in [6.07, 6.45) is 7.88. The topological polar surface area (TPSA) is 18.5 Å². The van der Waals surface area contributed by atoms with Gasteiger partial charge >= 0.3 is 0 Å². The molecule has 0 aromatic carbocycles. The van der Waals surface area contributed by atoms with Gasteiger partial charge in [0.25, 0.3) is 0 Å². The van der Waals surface area contributed by atoms with Crippen molar-refractivity contribution in [2.24, 2.45) is 0 Å². The van der Waals surface area contributed by atoms with Crippen LogP contribution in [0.5, 0.6) is 0 Å². The minimum atomic E-state index is -0.199. The van der Waals surface area contributed by atoms with Crippen LogP contribution in [0.4, 0.5) is 0 Å². The van der Waals surface area contributed by atoms with Gasteiger partial charge in [-0.3, -0.25) is 0 Å². The molecule has 0 radical (unpaired) electrons. The quantitative estimate of drug-likeness (QED) is 0.576. The molecule has 2 heteroatoms. The van der Waals surface area contributed by atoms with Crippen LogP contribution in [0.25, 0.3) is 0 Å². The van der Waals surface area contributed by atoms with Crippen LogP contribution >= 0.6 is 0 Å². The SMILES string of the molecule is C[C@@H]1CCCC[C@]2(CC[C@H](C)O2)O1. The molecule has 0 bridgehead atoms. The van der Waals surface area contributed by atoms with E-state index in [1.807, 2.05) is 0 Å². The first-order valence-electron chi connectivity index (χ1n) is 5.56. The normalized spacial score (nSPS) is 46.6. The molecule has 2 nitrogen and oxygen atoms in total. The standard InChI is InChI=1S/C11H20O2/c1-9-5-3-4-7-11(12-9)8-6-10(2)13-11/h9-10H,3-8H2,1-2H3/t9-,10+,11+/m1/s1. The third-order valence-electron chi connectivity index (χ3n) is 3.18. The van der Waals surface area contributed by atoms with Gasteiger partial charge < -0.3 is 9.47 Å². The monoisotopic (exact) mass is 184 g/mol. The lowest BCUT2D eigenvalue weighted by molar-refractivity contribution is -0.242. The Balaban J connectivity index is 2.03. The van der Waals surface area contributed by atoms with Crippen molar-refractivity contribution in [3.63, 3.8) is 0 Å². The number of hydrogen-bond acceptors (Lipinski definition) is 2. The summed E-state index contributed by atoms with van der Waals surface area (Å²) in [5, 5.41) is 0. The molecule has 0 aromatic rings. The van der Waals surface area contributed by atoms with E-state index in [0.29, 0.717) is 12.2 Å². The van der Waals surface area contributed by atoms with Crippen molar-refractivity contribution in [3.05, 3.63) is 0 Å². The highest BCUT2D eigenvalue weighted by atomic mass is 16.7. The fraction of sp³-hybridized carbons (Fsp3) is 1.00. The van der Waals surface area contributed by atoms with Crippen LogP contribution in [-0.2, 0) is 9.47 Å². The van der Waals surface area contributed by atoms with E-state index in [4.69, 9.17) is 9.47 Å². The summed E-state index contributed by atoms with van der Waals surface area (Å²) in [4.78, 5) is 0. The Labute approximate surface area is 80.6 Å². The second kappa shape index (κ2) is 3.58. The van der Waals surface area contributed by atoms with Gasteiger partial charge in [-0.2, -0.15) is 0 Å². The van der Waals surface area contributed by atoms with Gasteiger partial charge in [0.2, 0.25) is 0 Å². The third kappa shape index (κ3) is 2.05. The van der Waals surface area contributed by atoms with E-state index in [1.54, 1.807) is 0 Å². The molecule has 2 rings (SSSR count). The van der Waals surface area contributed by atoms with Gasteiger partial charge in [0, 0.05) is 12.8 Å². The summed E-state index contributed by atoms with van der Waals surface area (Å²) in [5.74, 6) is -0.199. The zero-order chi connectivity index (χ0) is 9.31. The number of hydrogen-bond donors (Lipinski definition) is 0. The van der Waals surface area contributed by atoms with Gasteiger partial charge in [0.15, 0.2) is 5.79 Å². The van der Waals surface area contributed by atoms with Gasteiger partial charge in [0.1, 0.15) is 0 Å². The van der Waals surface area contributed by atoms with Crippen molar-refractivity contribution in [2.75, 3.05) is 0 Å². The average Bonchev–Trinajstić information content (AvgIpc) is 2.30. The van der Waals surface area contributed by atoms with Gasteiger partial charge in [-0.15, -0.1) is 0 Å². The molecule has 0 aromatic heterocycles. The van der Waals surface area contributed by atoms with E-state index in [-0.39, 0.29) is 5.79 Å². The predicted octanol–water partition coefficient (Wildman–Crippen LogP) is 2.86. The van der Waals surface area contributed by atoms with Crippen molar-refractivity contribution in [1.82, 2.24) is 0 Å². The van der Waals surface area contributed by atoms with Crippen LogP contribution in [-0.4, -0.2) is 18.0 Å². The maximum Gasteiger partial charge on any atom is 0.169 e.